The first kappa shape index (κ1) is 28.1. The molecule has 0 spiro atoms. The van der Waals surface area contributed by atoms with Gasteiger partial charge in [0.05, 0.1) is 0 Å². The highest BCUT2D eigenvalue weighted by molar-refractivity contribution is 5.75. The van der Waals surface area contributed by atoms with E-state index in [1.54, 1.807) is 0 Å². The van der Waals surface area contributed by atoms with Crippen LogP contribution >= 0.6 is 0 Å². The van der Waals surface area contributed by atoms with Crippen molar-refractivity contribution in [1.82, 2.24) is 0 Å². The predicted molar refractivity (Wildman–Crippen MR) is 127 cm³/mol. The highest BCUT2D eigenvalue weighted by Crippen LogP contribution is 2.12. The fourth-order valence-corrected chi connectivity index (χ4v) is 3.48. The molecule has 0 aliphatic carbocycles. The van der Waals surface area contributed by atoms with Crippen LogP contribution in [0, 0.1) is 0 Å². The van der Waals surface area contributed by atoms with E-state index in [4.69, 9.17) is 15.2 Å². The smallest absolute Gasteiger partial charge is 0.323 e. The van der Waals surface area contributed by atoms with Crippen molar-refractivity contribution >= 4 is 11.9 Å². The van der Waals surface area contributed by atoms with Gasteiger partial charge in [0.25, 0.3) is 0 Å². The molecule has 3 N–H and O–H groups in total. The lowest BCUT2D eigenvalue weighted by Crippen LogP contribution is -2.36. The van der Waals surface area contributed by atoms with Crippen molar-refractivity contribution in [2.75, 3.05) is 13.2 Å². The van der Waals surface area contributed by atoms with Crippen molar-refractivity contribution in [1.29, 1.82) is 0 Å². The maximum atomic E-state index is 12.0. The van der Waals surface area contributed by atoms with E-state index in [0.29, 0.717) is 12.8 Å². The summed E-state index contributed by atoms with van der Waals surface area (Å²) in [7, 11) is 0. The highest BCUT2D eigenvalue weighted by Gasteiger charge is 2.18. The van der Waals surface area contributed by atoms with Gasteiger partial charge in [0.15, 0.2) is 0 Å². The molecule has 0 saturated carbocycles. The summed E-state index contributed by atoms with van der Waals surface area (Å²) in [6, 6.07) is 8.62. The molecule has 32 heavy (non-hydrogen) atoms. The van der Waals surface area contributed by atoms with Gasteiger partial charge in [0.2, 0.25) is 0 Å². The molecule has 182 valence electrons. The van der Waals surface area contributed by atoms with Crippen LogP contribution in [0.2, 0.25) is 0 Å². The molecular weight excluding hydrogens is 406 g/mol. The summed E-state index contributed by atoms with van der Waals surface area (Å²) in [5.74, 6) is -0.910. The minimum Gasteiger partial charge on any atom is -0.463 e. The van der Waals surface area contributed by atoms with Gasteiger partial charge in [-0.2, -0.15) is 0 Å². The number of nitrogens with two attached hydrogens (primary N) is 1. The Bertz CT molecular complexity index is 607. The topological polar surface area (TPSA) is 98.9 Å². The number of aliphatic hydroxyl groups excluding tert-OH is 1. The predicted octanol–water partition coefficient (Wildman–Crippen LogP) is 4.70. The van der Waals surface area contributed by atoms with Crippen LogP contribution in [-0.4, -0.2) is 42.4 Å². The maximum absolute atomic E-state index is 12.0. The number of ether oxygens (including phenoxy) is 2. The van der Waals surface area contributed by atoms with Crippen LogP contribution in [0.5, 0.6) is 0 Å². The molecule has 0 radical (unpaired) electrons. The van der Waals surface area contributed by atoms with Gasteiger partial charge in [-0.1, -0.05) is 101 Å². The number of carbonyl (C=O) groups excluding carboxylic acids is 2. The first-order valence-electron chi connectivity index (χ1n) is 12.3. The van der Waals surface area contributed by atoms with Crippen LogP contribution in [-0.2, 0) is 25.5 Å². The molecule has 0 amide bonds. The zero-order chi connectivity index (χ0) is 23.4. The van der Waals surface area contributed by atoms with E-state index < -0.39 is 18.1 Å². The quantitative estimate of drug-likeness (QED) is 0.234. The molecule has 1 aromatic rings. The van der Waals surface area contributed by atoms with Crippen molar-refractivity contribution in [2.45, 2.75) is 103 Å². The van der Waals surface area contributed by atoms with Gasteiger partial charge in [0, 0.05) is 6.42 Å². The molecule has 1 rings (SSSR count). The molecule has 2 atom stereocenters. The molecule has 6 nitrogen and oxygen atoms in total. The van der Waals surface area contributed by atoms with Crippen molar-refractivity contribution < 1.29 is 24.2 Å². The second-order valence-electron chi connectivity index (χ2n) is 8.55. The Morgan fingerprint density at radius 1 is 0.844 bits per heavy atom. The van der Waals surface area contributed by atoms with E-state index in [2.05, 4.69) is 6.92 Å². The summed E-state index contributed by atoms with van der Waals surface area (Å²) in [4.78, 5) is 23.7. The van der Waals surface area contributed by atoms with Crippen LogP contribution in [0.25, 0.3) is 0 Å². The minimum atomic E-state index is -1.05. The summed E-state index contributed by atoms with van der Waals surface area (Å²) in [5, 5.41) is 9.88. The van der Waals surface area contributed by atoms with Crippen molar-refractivity contribution in [3.63, 3.8) is 0 Å². The first-order valence-corrected chi connectivity index (χ1v) is 12.3. The van der Waals surface area contributed by atoms with Gasteiger partial charge in [0.1, 0.15) is 25.4 Å². The maximum Gasteiger partial charge on any atom is 0.323 e. The third-order valence-corrected chi connectivity index (χ3v) is 5.44. The number of hydrogen-bond donors (Lipinski definition) is 2. The van der Waals surface area contributed by atoms with Gasteiger partial charge >= 0.3 is 11.9 Å². The Balaban J connectivity index is 1.98. The zero-order valence-electron chi connectivity index (χ0n) is 19.8. The number of rotatable bonds is 19. The number of esters is 2. The van der Waals surface area contributed by atoms with Crippen LogP contribution < -0.4 is 5.73 Å². The second-order valence-corrected chi connectivity index (χ2v) is 8.55. The summed E-state index contributed by atoms with van der Waals surface area (Å²) in [5.41, 5.74) is 6.79. The number of hydrogen-bond acceptors (Lipinski definition) is 6. The standard InChI is InChI=1S/C26H43NO5/c1-2-3-4-5-6-7-8-9-10-11-15-18-25(29)31-20-23(28)21-32-26(30)24(27)19-22-16-13-12-14-17-22/h12-14,16-17,23-24,28H,2-11,15,18-21,27H2,1H3/t23?,24-/m0/s1. The fourth-order valence-electron chi connectivity index (χ4n) is 3.48. The molecule has 0 heterocycles. The Kier molecular flexibility index (Phi) is 16.4. The zero-order valence-corrected chi connectivity index (χ0v) is 19.8. The lowest BCUT2D eigenvalue weighted by molar-refractivity contribution is -0.153. The van der Waals surface area contributed by atoms with Crippen molar-refractivity contribution in [3.05, 3.63) is 35.9 Å². The van der Waals surface area contributed by atoms with Crippen LogP contribution in [0.15, 0.2) is 30.3 Å². The summed E-state index contributed by atoms with van der Waals surface area (Å²) in [6.07, 6.45) is 13.1. The lowest BCUT2D eigenvalue weighted by Gasteiger charge is -2.15. The van der Waals surface area contributed by atoms with Gasteiger partial charge in [-0.05, 0) is 18.4 Å². The molecule has 0 aromatic heterocycles. The Morgan fingerprint density at radius 2 is 1.38 bits per heavy atom. The van der Waals surface area contributed by atoms with Crippen LogP contribution in [0.4, 0.5) is 0 Å². The number of carbonyl (C=O) groups is 2. The molecular formula is C26H43NO5. The first-order chi connectivity index (χ1) is 15.5. The monoisotopic (exact) mass is 449 g/mol. The normalized spacial score (nSPS) is 12.8. The molecule has 0 saturated heterocycles. The van der Waals surface area contributed by atoms with Gasteiger partial charge in [-0.3, -0.25) is 9.59 Å². The van der Waals surface area contributed by atoms with Crippen molar-refractivity contribution in [2.24, 2.45) is 5.73 Å². The SMILES string of the molecule is CCCCCCCCCCCCCC(=O)OCC(O)COC(=O)[C@@H](N)Cc1ccccc1. The molecule has 0 aliphatic rings. The average Bonchev–Trinajstić information content (AvgIpc) is 2.80. The fraction of sp³-hybridized carbons (Fsp3) is 0.692. The van der Waals surface area contributed by atoms with Gasteiger partial charge in [-0.15, -0.1) is 0 Å². The Labute approximate surface area is 193 Å². The minimum absolute atomic E-state index is 0.182. The lowest BCUT2D eigenvalue weighted by atomic mass is 10.1. The summed E-state index contributed by atoms with van der Waals surface area (Å²) in [6.45, 7) is 1.81. The number of aliphatic hydroxyl groups is 1. The van der Waals surface area contributed by atoms with Crippen LogP contribution in [0.1, 0.15) is 89.5 Å². The number of unbranched alkanes of at least 4 members (excludes halogenated alkanes) is 10. The Hall–Kier alpha value is -1.92. The van der Waals surface area contributed by atoms with Crippen LogP contribution in [0.3, 0.4) is 0 Å². The Morgan fingerprint density at radius 3 is 1.97 bits per heavy atom. The molecule has 1 aromatic carbocycles. The second kappa shape index (κ2) is 18.6. The molecule has 6 heteroatoms. The largest absolute Gasteiger partial charge is 0.463 e. The third-order valence-electron chi connectivity index (χ3n) is 5.44. The summed E-state index contributed by atoms with van der Waals surface area (Å²) >= 11 is 0. The van der Waals surface area contributed by atoms with E-state index in [-0.39, 0.29) is 19.2 Å². The molecule has 0 bridgehead atoms. The van der Waals surface area contributed by atoms with E-state index in [1.807, 2.05) is 30.3 Å². The van der Waals surface area contributed by atoms with E-state index in [9.17, 15) is 14.7 Å². The van der Waals surface area contributed by atoms with E-state index >= 15 is 0 Å². The van der Waals surface area contributed by atoms with E-state index in [1.165, 1.54) is 51.4 Å². The molecule has 0 fully saturated rings. The third kappa shape index (κ3) is 15.0. The molecule has 1 unspecified atom stereocenters. The highest BCUT2D eigenvalue weighted by atomic mass is 16.6. The molecule has 0 aliphatic heterocycles. The van der Waals surface area contributed by atoms with Gasteiger partial charge < -0.3 is 20.3 Å². The average molecular weight is 450 g/mol. The number of benzene rings is 1. The van der Waals surface area contributed by atoms with E-state index in [0.717, 1.165) is 24.8 Å². The van der Waals surface area contributed by atoms with Gasteiger partial charge in [-0.25, -0.2) is 0 Å². The summed E-state index contributed by atoms with van der Waals surface area (Å²) < 4.78 is 10.1. The van der Waals surface area contributed by atoms with Crippen molar-refractivity contribution in [3.8, 4) is 0 Å².